The molecule has 1 N–H and O–H groups in total. The minimum Gasteiger partial charge on any atom is -0.479 e. The van der Waals surface area contributed by atoms with Crippen LogP contribution < -0.4 is 19.9 Å². The van der Waals surface area contributed by atoms with Crippen LogP contribution in [0, 0.1) is 0 Å². The summed E-state index contributed by atoms with van der Waals surface area (Å²) in [7, 11) is 1.69. The second-order valence-electron chi connectivity index (χ2n) is 5.45. The van der Waals surface area contributed by atoms with Crippen LogP contribution in [0.15, 0.2) is 18.2 Å². The Morgan fingerprint density at radius 3 is 2.87 bits per heavy atom. The predicted molar refractivity (Wildman–Crippen MR) is 81.6 cm³/mol. The molecule has 0 bridgehead atoms. The van der Waals surface area contributed by atoms with E-state index in [0.717, 1.165) is 0 Å². The summed E-state index contributed by atoms with van der Waals surface area (Å²) in [6.45, 7) is 2.28. The lowest BCUT2D eigenvalue weighted by Crippen LogP contribution is -2.42. The van der Waals surface area contributed by atoms with Gasteiger partial charge >= 0.3 is 6.09 Å². The fraction of sp³-hybridized carbons (Fsp3) is 0.400. The first-order valence-electron chi connectivity index (χ1n) is 7.24. The Kier molecular flexibility index (Phi) is 3.81. The molecule has 2 aliphatic rings. The zero-order chi connectivity index (χ0) is 16.6. The second-order valence-corrected chi connectivity index (χ2v) is 5.45. The summed E-state index contributed by atoms with van der Waals surface area (Å²) in [5.74, 6) is 0.421. The van der Waals surface area contributed by atoms with Crippen LogP contribution in [-0.2, 0) is 14.3 Å². The molecule has 0 radical (unpaired) electrons. The van der Waals surface area contributed by atoms with Crippen LogP contribution in [0.2, 0.25) is 0 Å². The van der Waals surface area contributed by atoms with Gasteiger partial charge in [-0.05, 0) is 19.1 Å². The first-order valence-corrected chi connectivity index (χ1v) is 7.24. The quantitative estimate of drug-likeness (QED) is 0.817. The number of fused-ring (bicyclic) bond motifs is 1. The number of ether oxygens (including phenoxy) is 2. The van der Waals surface area contributed by atoms with Crippen molar-refractivity contribution in [3.63, 3.8) is 0 Å². The van der Waals surface area contributed by atoms with Crippen LogP contribution in [-0.4, -0.2) is 50.8 Å². The molecule has 0 aromatic heterocycles. The van der Waals surface area contributed by atoms with Gasteiger partial charge in [0.15, 0.2) is 6.10 Å². The van der Waals surface area contributed by atoms with Crippen molar-refractivity contribution in [3.05, 3.63) is 18.2 Å². The summed E-state index contributed by atoms with van der Waals surface area (Å²) in [6, 6.07) is 5.18. The van der Waals surface area contributed by atoms with Gasteiger partial charge in [-0.25, -0.2) is 4.79 Å². The largest absolute Gasteiger partial charge is 0.479 e. The highest BCUT2D eigenvalue weighted by Crippen LogP contribution is 2.37. The van der Waals surface area contributed by atoms with Gasteiger partial charge in [-0.2, -0.15) is 0 Å². The van der Waals surface area contributed by atoms with Gasteiger partial charge < -0.3 is 19.7 Å². The molecule has 8 nitrogen and oxygen atoms in total. The van der Waals surface area contributed by atoms with Crippen molar-refractivity contribution >= 4 is 29.8 Å². The molecule has 23 heavy (non-hydrogen) atoms. The van der Waals surface area contributed by atoms with Gasteiger partial charge in [-0.15, -0.1) is 0 Å². The molecule has 3 rings (SSSR count). The number of nitrogens with one attached hydrogen (secondary N) is 1. The van der Waals surface area contributed by atoms with E-state index in [-0.39, 0.29) is 12.5 Å². The van der Waals surface area contributed by atoms with Crippen LogP contribution in [0.3, 0.4) is 0 Å². The van der Waals surface area contributed by atoms with Gasteiger partial charge in [-0.1, -0.05) is 0 Å². The lowest BCUT2D eigenvalue weighted by molar-refractivity contribution is -0.125. The molecule has 2 heterocycles. The van der Waals surface area contributed by atoms with Crippen molar-refractivity contribution < 1.29 is 23.9 Å². The average molecular weight is 319 g/mol. The van der Waals surface area contributed by atoms with Gasteiger partial charge in [-0.3, -0.25) is 14.5 Å². The number of rotatable bonds is 4. The Morgan fingerprint density at radius 2 is 2.13 bits per heavy atom. The molecular weight excluding hydrogens is 302 g/mol. The van der Waals surface area contributed by atoms with Crippen molar-refractivity contribution in [3.8, 4) is 5.75 Å². The van der Waals surface area contributed by atoms with Gasteiger partial charge in [0.05, 0.1) is 24.5 Å². The van der Waals surface area contributed by atoms with E-state index in [1.807, 2.05) is 0 Å². The van der Waals surface area contributed by atoms with E-state index in [0.29, 0.717) is 30.1 Å². The molecular formula is C15H17N3O5. The third-order valence-corrected chi connectivity index (χ3v) is 3.90. The molecule has 1 aromatic rings. The smallest absolute Gasteiger partial charge is 0.414 e. The molecule has 8 heteroatoms. The minimum atomic E-state index is -0.571. The van der Waals surface area contributed by atoms with Crippen LogP contribution in [0.1, 0.15) is 6.92 Å². The van der Waals surface area contributed by atoms with E-state index in [2.05, 4.69) is 5.32 Å². The van der Waals surface area contributed by atoms with Gasteiger partial charge in [0.1, 0.15) is 11.9 Å². The van der Waals surface area contributed by atoms with Crippen LogP contribution in [0.4, 0.5) is 16.2 Å². The number of hydrogen-bond acceptors (Lipinski definition) is 5. The van der Waals surface area contributed by atoms with Crippen molar-refractivity contribution in [1.29, 1.82) is 0 Å². The number of anilines is 2. The summed E-state index contributed by atoms with van der Waals surface area (Å²) in [5.41, 5.74) is 1.28. The highest BCUT2D eigenvalue weighted by Gasteiger charge is 2.34. The molecule has 2 unspecified atom stereocenters. The summed E-state index contributed by atoms with van der Waals surface area (Å²) in [6.07, 6.45) is -0.876. The van der Waals surface area contributed by atoms with E-state index in [4.69, 9.17) is 9.47 Å². The molecule has 122 valence electrons. The van der Waals surface area contributed by atoms with Crippen LogP contribution in [0.5, 0.6) is 5.75 Å². The Balaban J connectivity index is 1.82. The fourth-order valence-electron chi connectivity index (χ4n) is 2.69. The maximum atomic E-state index is 12.0. The molecule has 0 spiro atoms. The number of likely N-dealkylation sites (N-methyl/N-ethyl adjacent to an activating group) is 1. The van der Waals surface area contributed by atoms with E-state index in [1.165, 1.54) is 9.80 Å². The van der Waals surface area contributed by atoms with E-state index in [9.17, 15) is 14.4 Å². The molecule has 0 aliphatic carbocycles. The normalized spacial score (nSPS) is 23.2. The Bertz CT molecular complexity index is 663. The average Bonchev–Trinajstić information content (AvgIpc) is 2.91. The predicted octanol–water partition coefficient (Wildman–Crippen LogP) is 0.501. The highest BCUT2D eigenvalue weighted by molar-refractivity contribution is 6.00. The number of carbonyl (C=O) groups is 3. The standard InChI is InChI=1S/C15H17N3O5/c1-9-14(20)17(2)12-4-3-10(5-13(12)22-9)18-7-11(6-16-8-19)23-15(18)21/h3-5,8-9,11H,6-7H2,1-2H3,(H,16,19). The monoisotopic (exact) mass is 319 g/mol. The summed E-state index contributed by atoms with van der Waals surface area (Å²) in [4.78, 5) is 37.2. The number of carbonyl (C=O) groups excluding carboxylic acids is 3. The molecule has 2 aliphatic heterocycles. The summed E-state index contributed by atoms with van der Waals surface area (Å²) in [5, 5.41) is 2.50. The van der Waals surface area contributed by atoms with Crippen molar-refractivity contribution in [2.75, 3.05) is 29.9 Å². The van der Waals surface area contributed by atoms with Gasteiger partial charge in [0, 0.05) is 13.1 Å². The Morgan fingerprint density at radius 1 is 1.35 bits per heavy atom. The van der Waals surface area contributed by atoms with Gasteiger partial charge in [0.25, 0.3) is 5.91 Å². The zero-order valence-corrected chi connectivity index (χ0v) is 12.8. The molecule has 1 fully saturated rings. The van der Waals surface area contributed by atoms with Crippen molar-refractivity contribution in [2.24, 2.45) is 0 Å². The molecule has 2 atom stereocenters. The Labute approximate surface area is 132 Å². The van der Waals surface area contributed by atoms with E-state index < -0.39 is 18.3 Å². The molecule has 0 saturated carbocycles. The third-order valence-electron chi connectivity index (χ3n) is 3.90. The molecule has 1 aromatic carbocycles. The summed E-state index contributed by atoms with van der Waals surface area (Å²) >= 11 is 0. The maximum Gasteiger partial charge on any atom is 0.414 e. The number of cyclic esters (lactones) is 1. The van der Waals surface area contributed by atoms with Crippen molar-refractivity contribution in [1.82, 2.24) is 5.32 Å². The highest BCUT2D eigenvalue weighted by atomic mass is 16.6. The maximum absolute atomic E-state index is 12.0. The van der Waals surface area contributed by atoms with E-state index in [1.54, 1.807) is 32.2 Å². The van der Waals surface area contributed by atoms with Crippen LogP contribution >= 0.6 is 0 Å². The second kappa shape index (κ2) is 5.79. The first kappa shape index (κ1) is 15.1. The zero-order valence-electron chi connectivity index (χ0n) is 12.8. The Hall–Kier alpha value is -2.77. The van der Waals surface area contributed by atoms with Gasteiger partial charge in [0.2, 0.25) is 6.41 Å². The lowest BCUT2D eigenvalue weighted by atomic mass is 10.1. The molecule has 3 amide bonds. The lowest BCUT2D eigenvalue weighted by Gasteiger charge is -2.31. The summed E-state index contributed by atoms with van der Waals surface area (Å²) < 4.78 is 10.8. The number of hydrogen-bond donors (Lipinski definition) is 1. The minimum absolute atomic E-state index is 0.120. The molecule has 1 saturated heterocycles. The van der Waals surface area contributed by atoms with Crippen LogP contribution in [0.25, 0.3) is 0 Å². The number of nitrogens with zero attached hydrogens (tertiary/aromatic N) is 2. The SMILES string of the molecule is CC1Oc2cc(N3CC(CNC=O)OC3=O)ccc2N(C)C1=O. The number of amides is 3. The first-order chi connectivity index (χ1) is 11.0. The fourth-order valence-corrected chi connectivity index (χ4v) is 2.69. The number of benzene rings is 1. The van der Waals surface area contributed by atoms with Crippen molar-refractivity contribution in [2.45, 2.75) is 19.1 Å². The topological polar surface area (TPSA) is 88.2 Å². The van der Waals surface area contributed by atoms with E-state index >= 15 is 0 Å². The third kappa shape index (κ3) is 2.67.